The van der Waals surface area contributed by atoms with E-state index in [0.29, 0.717) is 13.2 Å². The van der Waals surface area contributed by atoms with Crippen molar-refractivity contribution >= 4 is 5.97 Å². The van der Waals surface area contributed by atoms with Crippen LogP contribution in [0.1, 0.15) is 12.5 Å². The predicted molar refractivity (Wildman–Crippen MR) is 68.3 cm³/mol. The highest BCUT2D eigenvalue weighted by Crippen LogP contribution is 2.21. The molecule has 4 heteroatoms. The van der Waals surface area contributed by atoms with Crippen LogP contribution in [0.25, 0.3) is 0 Å². The van der Waals surface area contributed by atoms with Gasteiger partial charge in [-0.3, -0.25) is 9.69 Å². The minimum Gasteiger partial charge on any atom is -0.481 e. The lowest BCUT2D eigenvalue weighted by atomic mass is 10.0. The summed E-state index contributed by atoms with van der Waals surface area (Å²) in [4.78, 5) is 13.4. The molecule has 0 saturated carbocycles. The van der Waals surface area contributed by atoms with E-state index in [0.717, 1.165) is 13.1 Å². The summed E-state index contributed by atoms with van der Waals surface area (Å²) in [6, 6.07) is 10.1. The Morgan fingerprint density at radius 1 is 1.39 bits per heavy atom. The van der Waals surface area contributed by atoms with Crippen molar-refractivity contribution in [1.29, 1.82) is 0 Å². The lowest BCUT2D eigenvalue weighted by Crippen LogP contribution is -2.42. The van der Waals surface area contributed by atoms with Crippen molar-refractivity contribution in [1.82, 2.24) is 4.90 Å². The summed E-state index contributed by atoms with van der Waals surface area (Å²) >= 11 is 0. The molecule has 18 heavy (non-hydrogen) atoms. The highest BCUT2D eigenvalue weighted by Gasteiger charge is 2.37. The molecule has 0 spiro atoms. The van der Waals surface area contributed by atoms with Gasteiger partial charge >= 0.3 is 5.97 Å². The van der Waals surface area contributed by atoms with Crippen molar-refractivity contribution in [3.63, 3.8) is 0 Å². The molecule has 0 amide bonds. The van der Waals surface area contributed by atoms with Gasteiger partial charge < -0.3 is 9.84 Å². The zero-order valence-electron chi connectivity index (χ0n) is 10.6. The Balaban J connectivity index is 2.06. The number of carbonyl (C=O) groups is 1. The van der Waals surface area contributed by atoms with E-state index in [2.05, 4.69) is 24.0 Å². The summed E-state index contributed by atoms with van der Waals surface area (Å²) in [6.45, 7) is 4.49. The Labute approximate surface area is 107 Å². The Morgan fingerprint density at radius 3 is 2.72 bits per heavy atom. The summed E-state index contributed by atoms with van der Waals surface area (Å²) in [5.41, 5.74) is 1.20. The molecule has 0 radical (unpaired) electrons. The second-order valence-corrected chi connectivity index (χ2v) is 4.60. The van der Waals surface area contributed by atoms with Crippen molar-refractivity contribution in [2.24, 2.45) is 5.92 Å². The van der Waals surface area contributed by atoms with Gasteiger partial charge in [0, 0.05) is 12.6 Å². The number of benzene rings is 1. The van der Waals surface area contributed by atoms with Gasteiger partial charge in [-0.05, 0) is 12.1 Å². The van der Waals surface area contributed by atoms with Crippen LogP contribution in [0.15, 0.2) is 30.3 Å². The fraction of sp³-hybridized carbons (Fsp3) is 0.500. The third kappa shape index (κ3) is 2.89. The highest BCUT2D eigenvalue weighted by atomic mass is 16.5. The second kappa shape index (κ2) is 5.98. The molecule has 1 saturated heterocycles. The zero-order chi connectivity index (χ0) is 13.0. The van der Waals surface area contributed by atoms with Gasteiger partial charge in [0.15, 0.2) is 0 Å². The monoisotopic (exact) mass is 249 g/mol. The lowest BCUT2D eigenvalue weighted by Gasteiger charge is -2.29. The van der Waals surface area contributed by atoms with Crippen LogP contribution in [-0.4, -0.2) is 41.8 Å². The molecule has 1 aliphatic rings. The smallest absolute Gasteiger partial charge is 0.310 e. The van der Waals surface area contributed by atoms with Crippen LogP contribution in [0.2, 0.25) is 0 Å². The van der Waals surface area contributed by atoms with Gasteiger partial charge in [-0.1, -0.05) is 37.3 Å². The quantitative estimate of drug-likeness (QED) is 0.861. The predicted octanol–water partition coefficient (Wildman–Crippen LogP) is 1.61. The first-order valence-corrected chi connectivity index (χ1v) is 6.31. The number of aliphatic carboxylic acids is 1. The van der Waals surface area contributed by atoms with E-state index in [4.69, 9.17) is 4.74 Å². The summed E-state index contributed by atoms with van der Waals surface area (Å²) in [7, 11) is 0. The molecular formula is C14H19NO3. The molecule has 2 rings (SSSR count). The molecule has 1 aliphatic heterocycles. The Morgan fingerprint density at radius 2 is 2.11 bits per heavy atom. The number of carboxylic acids is 1. The maximum atomic E-state index is 11.2. The van der Waals surface area contributed by atoms with Crippen LogP contribution < -0.4 is 0 Å². The summed E-state index contributed by atoms with van der Waals surface area (Å²) in [5, 5.41) is 9.19. The van der Waals surface area contributed by atoms with Gasteiger partial charge in [-0.15, -0.1) is 0 Å². The molecule has 0 bridgehead atoms. The topological polar surface area (TPSA) is 49.8 Å². The molecule has 4 nitrogen and oxygen atoms in total. The molecule has 0 aromatic heterocycles. The molecule has 2 unspecified atom stereocenters. The molecule has 1 aromatic carbocycles. The Bertz CT molecular complexity index is 393. The lowest BCUT2D eigenvalue weighted by molar-refractivity contribution is -0.143. The fourth-order valence-electron chi connectivity index (χ4n) is 2.42. The number of rotatable bonds is 5. The summed E-state index contributed by atoms with van der Waals surface area (Å²) in [6.07, 6.45) is 0. The fourth-order valence-corrected chi connectivity index (χ4v) is 2.42. The van der Waals surface area contributed by atoms with E-state index >= 15 is 0 Å². The van der Waals surface area contributed by atoms with Crippen LogP contribution in [0.4, 0.5) is 0 Å². The van der Waals surface area contributed by atoms with Gasteiger partial charge in [0.2, 0.25) is 0 Å². The zero-order valence-corrected chi connectivity index (χ0v) is 10.6. The van der Waals surface area contributed by atoms with Gasteiger partial charge in [0.25, 0.3) is 0 Å². The van der Waals surface area contributed by atoms with Gasteiger partial charge in [0.05, 0.1) is 19.1 Å². The van der Waals surface area contributed by atoms with E-state index in [1.165, 1.54) is 5.56 Å². The van der Waals surface area contributed by atoms with E-state index in [1.807, 2.05) is 18.2 Å². The van der Waals surface area contributed by atoms with Crippen molar-refractivity contribution in [2.45, 2.75) is 19.5 Å². The van der Waals surface area contributed by atoms with Crippen molar-refractivity contribution in [3.8, 4) is 0 Å². The molecule has 1 fully saturated rings. The van der Waals surface area contributed by atoms with Crippen LogP contribution in [0, 0.1) is 5.92 Å². The number of carboxylic acid groups (broad SMARTS) is 1. The first kappa shape index (κ1) is 13.1. The normalized spacial score (nSPS) is 23.4. The SMILES string of the molecule is CCN(Cc1ccccc1)C1COCC1C(=O)O. The van der Waals surface area contributed by atoms with Crippen molar-refractivity contribution in [3.05, 3.63) is 35.9 Å². The minimum atomic E-state index is -0.760. The van der Waals surface area contributed by atoms with Crippen LogP contribution in [-0.2, 0) is 16.1 Å². The van der Waals surface area contributed by atoms with E-state index in [9.17, 15) is 9.90 Å². The second-order valence-electron chi connectivity index (χ2n) is 4.60. The van der Waals surface area contributed by atoms with Gasteiger partial charge in [0.1, 0.15) is 0 Å². The van der Waals surface area contributed by atoms with E-state index in [-0.39, 0.29) is 6.04 Å². The average Bonchev–Trinajstić information content (AvgIpc) is 2.86. The van der Waals surface area contributed by atoms with Crippen LogP contribution in [0.5, 0.6) is 0 Å². The highest BCUT2D eigenvalue weighted by molar-refractivity contribution is 5.71. The summed E-state index contributed by atoms with van der Waals surface area (Å²) in [5.74, 6) is -1.17. The van der Waals surface area contributed by atoms with Crippen LogP contribution >= 0.6 is 0 Å². The number of nitrogens with zero attached hydrogens (tertiary/aromatic N) is 1. The maximum Gasteiger partial charge on any atom is 0.310 e. The van der Waals surface area contributed by atoms with Gasteiger partial charge in [-0.25, -0.2) is 0 Å². The van der Waals surface area contributed by atoms with Crippen molar-refractivity contribution in [2.75, 3.05) is 19.8 Å². The van der Waals surface area contributed by atoms with Gasteiger partial charge in [-0.2, -0.15) is 0 Å². The molecule has 1 aromatic rings. The van der Waals surface area contributed by atoms with Crippen molar-refractivity contribution < 1.29 is 14.6 Å². The molecule has 0 aliphatic carbocycles. The van der Waals surface area contributed by atoms with E-state index < -0.39 is 11.9 Å². The first-order chi connectivity index (χ1) is 8.72. The van der Waals surface area contributed by atoms with E-state index in [1.54, 1.807) is 0 Å². The number of ether oxygens (including phenoxy) is 1. The Hall–Kier alpha value is -1.39. The average molecular weight is 249 g/mol. The molecule has 2 atom stereocenters. The maximum absolute atomic E-state index is 11.2. The largest absolute Gasteiger partial charge is 0.481 e. The van der Waals surface area contributed by atoms with Crippen LogP contribution in [0.3, 0.4) is 0 Å². The minimum absolute atomic E-state index is 0.0206. The Kier molecular flexibility index (Phi) is 4.33. The summed E-state index contributed by atoms with van der Waals surface area (Å²) < 4.78 is 5.33. The molecule has 1 heterocycles. The molecular weight excluding hydrogens is 230 g/mol. The molecule has 1 N–H and O–H groups in total. The molecule has 98 valence electrons. The first-order valence-electron chi connectivity index (χ1n) is 6.31. The third-order valence-electron chi connectivity index (χ3n) is 3.47. The number of hydrogen-bond acceptors (Lipinski definition) is 3. The number of likely N-dealkylation sites (N-methyl/N-ethyl adjacent to an activating group) is 1. The number of hydrogen-bond donors (Lipinski definition) is 1. The standard InChI is InChI=1S/C14H19NO3/c1-2-15(8-11-6-4-3-5-7-11)13-10-18-9-12(13)14(16)17/h3-7,12-13H,2,8-10H2,1H3,(H,16,17). The third-order valence-corrected chi connectivity index (χ3v) is 3.47.